The first-order valence-corrected chi connectivity index (χ1v) is 7.66. The van der Waals surface area contributed by atoms with E-state index in [0.717, 1.165) is 0 Å². The third-order valence-electron chi connectivity index (χ3n) is 2.72. The fraction of sp³-hybridized carbons (Fsp3) is 0.462. The molecule has 0 atom stereocenters. The fourth-order valence-electron chi connectivity index (χ4n) is 1.67. The summed E-state index contributed by atoms with van der Waals surface area (Å²) in [6.45, 7) is 0. The summed E-state index contributed by atoms with van der Waals surface area (Å²) in [6.07, 6.45) is 1.95. The van der Waals surface area contributed by atoms with Gasteiger partial charge >= 0.3 is 0 Å². The predicted octanol–water partition coefficient (Wildman–Crippen LogP) is 2.33. The van der Waals surface area contributed by atoms with Crippen LogP contribution in [-0.2, 0) is 10.1 Å². The van der Waals surface area contributed by atoms with Crippen LogP contribution in [0.1, 0.15) is 36.0 Å². The van der Waals surface area contributed by atoms with Crippen molar-refractivity contribution < 1.29 is 22.5 Å². The van der Waals surface area contributed by atoms with Crippen molar-refractivity contribution in [3.05, 3.63) is 29.8 Å². The van der Waals surface area contributed by atoms with Gasteiger partial charge in [0.1, 0.15) is 5.75 Å². The molecular weight excluding hydrogens is 268 g/mol. The van der Waals surface area contributed by atoms with Crippen molar-refractivity contribution in [1.29, 1.82) is 0 Å². The SMILES string of the molecule is COc1ccc(C(=O)CCCCCS(=O)(=O)O)cc1. The van der Waals surface area contributed by atoms with Crippen molar-refractivity contribution in [2.24, 2.45) is 0 Å². The third kappa shape index (κ3) is 6.35. The molecule has 1 aromatic rings. The van der Waals surface area contributed by atoms with Gasteiger partial charge in [-0.25, -0.2) is 0 Å². The second kappa shape index (κ2) is 7.25. The lowest BCUT2D eigenvalue weighted by Gasteiger charge is -2.03. The molecule has 0 aromatic heterocycles. The van der Waals surface area contributed by atoms with Crippen molar-refractivity contribution >= 4 is 15.9 Å². The number of ether oxygens (including phenoxy) is 1. The number of unbranched alkanes of at least 4 members (excludes halogenated alkanes) is 2. The molecule has 0 aliphatic rings. The molecule has 106 valence electrons. The van der Waals surface area contributed by atoms with Crippen molar-refractivity contribution in [2.45, 2.75) is 25.7 Å². The number of hydrogen-bond acceptors (Lipinski definition) is 4. The van der Waals surface area contributed by atoms with Crippen molar-refractivity contribution in [3.63, 3.8) is 0 Å². The first kappa shape index (κ1) is 15.7. The summed E-state index contributed by atoms with van der Waals surface area (Å²) in [6, 6.07) is 6.87. The summed E-state index contributed by atoms with van der Waals surface area (Å²) in [7, 11) is -2.32. The second-order valence-electron chi connectivity index (χ2n) is 4.25. The monoisotopic (exact) mass is 286 g/mol. The number of hydrogen-bond donors (Lipinski definition) is 1. The lowest BCUT2D eigenvalue weighted by molar-refractivity contribution is 0.0979. The molecule has 0 aliphatic heterocycles. The summed E-state index contributed by atoms with van der Waals surface area (Å²) in [5, 5.41) is 0. The maximum absolute atomic E-state index is 11.8. The zero-order chi connectivity index (χ0) is 14.3. The Morgan fingerprint density at radius 3 is 2.32 bits per heavy atom. The minimum Gasteiger partial charge on any atom is -0.497 e. The number of benzene rings is 1. The van der Waals surface area contributed by atoms with E-state index in [1.165, 1.54) is 0 Å². The van der Waals surface area contributed by atoms with E-state index in [0.29, 0.717) is 37.0 Å². The van der Waals surface area contributed by atoms with E-state index < -0.39 is 10.1 Å². The number of rotatable bonds is 8. The number of carbonyl (C=O) groups is 1. The molecule has 1 aromatic carbocycles. The van der Waals surface area contributed by atoms with E-state index in [1.807, 2.05) is 0 Å². The minimum atomic E-state index is -3.88. The van der Waals surface area contributed by atoms with Crippen molar-refractivity contribution in [2.75, 3.05) is 12.9 Å². The Balaban J connectivity index is 2.31. The van der Waals surface area contributed by atoms with Gasteiger partial charge in [0.05, 0.1) is 12.9 Å². The van der Waals surface area contributed by atoms with Gasteiger partial charge in [-0.3, -0.25) is 9.35 Å². The topological polar surface area (TPSA) is 80.7 Å². The quantitative estimate of drug-likeness (QED) is 0.450. The Morgan fingerprint density at radius 2 is 1.79 bits per heavy atom. The molecule has 0 saturated carbocycles. The van der Waals surface area contributed by atoms with Gasteiger partial charge in [-0.2, -0.15) is 8.42 Å². The van der Waals surface area contributed by atoms with Crippen LogP contribution >= 0.6 is 0 Å². The maximum atomic E-state index is 11.8. The highest BCUT2D eigenvalue weighted by Crippen LogP contribution is 2.14. The van der Waals surface area contributed by atoms with Gasteiger partial charge in [0, 0.05) is 12.0 Å². The Labute approximate surface area is 113 Å². The molecule has 0 fully saturated rings. The maximum Gasteiger partial charge on any atom is 0.264 e. The van der Waals surface area contributed by atoms with Crippen LogP contribution in [0.25, 0.3) is 0 Å². The van der Waals surface area contributed by atoms with Gasteiger partial charge in [0.25, 0.3) is 10.1 Å². The standard InChI is InChI=1S/C13H18O5S/c1-18-12-8-6-11(7-9-12)13(14)5-3-2-4-10-19(15,16)17/h6-9H,2-5,10H2,1H3,(H,15,16,17). The molecule has 5 nitrogen and oxygen atoms in total. The molecule has 0 bridgehead atoms. The average molecular weight is 286 g/mol. The molecule has 19 heavy (non-hydrogen) atoms. The highest BCUT2D eigenvalue weighted by molar-refractivity contribution is 7.85. The van der Waals surface area contributed by atoms with Crippen LogP contribution in [-0.4, -0.2) is 31.6 Å². The molecule has 0 heterocycles. The van der Waals surface area contributed by atoms with Crippen LogP contribution in [0.4, 0.5) is 0 Å². The van der Waals surface area contributed by atoms with Crippen LogP contribution in [0.2, 0.25) is 0 Å². The fourth-order valence-corrected chi connectivity index (χ4v) is 2.24. The lowest BCUT2D eigenvalue weighted by Crippen LogP contribution is -2.04. The average Bonchev–Trinajstić information content (AvgIpc) is 2.37. The third-order valence-corrected chi connectivity index (χ3v) is 3.52. The Morgan fingerprint density at radius 1 is 1.16 bits per heavy atom. The Kier molecular flexibility index (Phi) is 5.98. The molecule has 0 amide bonds. The van der Waals surface area contributed by atoms with Gasteiger partial charge in [-0.15, -0.1) is 0 Å². The van der Waals surface area contributed by atoms with Crippen molar-refractivity contribution in [1.82, 2.24) is 0 Å². The van der Waals surface area contributed by atoms with Gasteiger partial charge < -0.3 is 4.74 Å². The first-order chi connectivity index (χ1) is 8.92. The highest BCUT2D eigenvalue weighted by Gasteiger charge is 2.07. The van der Waals surface area contributed by atoms with E-state index in [4.69, 9.17) is 9.29 Å². The lowest BCUT2D eigenvalue weighted by atomic mass is 10.0. The van der Waals surface area contributed by atoms with Gasteiger partial charge in [0.15, 0.2) is 5.78 Å². The minimum absolute atomic E-state index is 0.0227. The summed E-state index contributed by atoms with van der Waals surface area (Å²) in [4.78, 5) is 11.8. The molecule has 1 rings (SSSR count). The number of ketones is 1. The summed E-state index contributed by atoms with van der Waals surface area (Å²) < 4.78 is 34.5. The van der Waals surface area contributed by atoms with E-state index in [2.05, 4.69) is 0 Å². The van der Waals surface area contributed by atoms with E-state index >= 15 is 0 Å². The molecule has 0 saturated heterocycles. The molecular formula is C13H18O5S. The number of Topliss-reactive ketones (excluding diaryl/α,β-unsaturated/α-hetero) is 1. The normalized spacial score (nSPS) is 11.3. The van der Waals surface area contributed by atoms with Crippen LogP contribution in [0.5, 0.6) is 5.75 Å². The van der Waals surface area contributed by atoms with Crippen molar-refractivity contribution in [3.8, 4) is 5.75 Å². The smallest absolute Gasteiger partial charge is 0.264 e. The molecule has 0 unspecified atom stereocenters. The zero-order valence-electron chi connectivity index (χ0n) is 10.8. The van der Waals surface area contributed by atoms with E-state index in [9.17, 15) is 13.2 Å². The van der Waals surface area contributed by atoms with Crippen LogP contribution in [0.15, 0.2) is 24.3 Å². The summed E-state index contributed by atoms with van der Waals surface area (Å²) in [5.74, 6) is 0.475. The number of carbonyl (C=O) groups excluding carboxylic acids is 1. The molecule has 0 radical (unpaired) electrons. The van der Waals surface area contributed by atoms with Gasteiger partial charge in [0.2, 0.25) is 0 Å². The van der Waals surface area contributed by atoms with E-state index in [1.54, 1.807) is 31.4 Å². The van der Waals surface area contributed by atoms with E-state index in [-0.39, 0.29) is 11.5 Å². The molecule has 6 heteroatoms. The summed E-state index contributed by atoms with van der Waals surface area (Å²) in [5.41, 5.74) is 0.621. The molecule has 0 spiro atoms. The van der Waals surface area contributed by atoms with Crippen LogP contribution in [0.3, 0.4) is 0 Å². The number of methoxy groups -OCH3 is 1. The highest BCUT2D eigenvalue weighted by atomic mass is 32.2. The van der Waals surface area contributed by atoms with Gasteiger partial charge in [-0.05, 0) is 37.1 Å². The Bertz CT molecular complexity index is 504. The Hall–Kier alpha value is -1.40. The first-order valence-electron chi connectivity index (χ1n) is 6.05. The zero-order valence-corrected chi connectivity index (χ0v) is 11.6. The predicted molar refractivity (Wildman–Crippen MR) is 72.2 cm³/mol. The van der Waals surface area contributed by atoms with Crippen LogP contribution in [0, 0.1) is 0 Å². The molecule has 0 aliphatic carbocycles. The summed E-state index contributed by atoms with van der Waals surface area (Å²) >= 11 is 0. The van der Waals surface area contributed by atoms with Crippen LogP contribution < -0.4 is 4.74 Å². The second-order valence-corrected chi connectivity index (χ2v) is 5.82. The van der Waals surface area contributed by atoms with Gasteiger partial charge in [-0.1, -0.05) is 6.42 Å². The largest absolute Gasteiger partial charge is 0.497 e. The molecule has 1 N–H and O–H groups in total.